The van der Waals surface area contributed by atoms with Crippen molar-refractivity contribution in [1.82, 2.24) is 5.32 Å². The molecule has 0 aliphatic heterocycles. The van der Waals surface area contributed by atoms with Gasteiger partial charge in [-0.1, -0.05) is 46.3 Å². The fraction of sp³-hybridized carbons (Fsp3) is 0.188. The van der Waals surface area contributed by atoms with E-state index in [2.05, 4.69) is 21.2 Å². The van der Waals surface area contributed by atoms with Crippen LogP contribution >= 0.6 is 15.9 Å². The molecule has 1 unspecified atom stereocenters. The van der Waals surface area contributed by atoms with Gasteiger partial charge in [0.05, 0.1) is 6.04 Å². The Labute approximate surface area is 126 Å². The molecule has 1 N–H and O–H groups in total. The molecule has 20 heavy (non-hydrogen) atoms. The Hall–Kier alpha value is -1.68. The van der Waals surface area contributed by atoms with Gasteiger partial charge in [-0.05, 0) is 36.2 Å². The number of nitrogens with one attached hydrogen (secondary N) is 1. The van der Waals surface area contributed by atoms with E-state index in [-0.39, 0.29) is 17.8 Å². The quantitative estimate of drug-likeness (QED) is 0.833. The average molecular weight is 336 g/mol. The van der Waals surface area contributed by atoms with Crippen LogP contribution in [0.2, 0.25) is 0 Å². The predicted octanol–water partition coefficient (Wildman–Crippen LogP) is 4.21. The van der Waals surface area contributed by atoms with Crippen LogP contribution in [0, 0.1) is 5.82 Å². The van der Waals surface area contributed by atoms with Crippen molar-refractivity contribution in [3.63, 3.8) is 0 Å². The second-order valence-electron chi connectivity index (χ2n) is 4.54. The van der Waals surface area contributed by atoms with Gasteiger partial charge in [0.15, 0.2) is 0 Å². The number of hydrogen-bond acceptors (Lipinski definition) is 1. The molecule has 0 spiro atoms. The Morgan fingerprint density at radius 3 is 2.50 bits per heavy atom. The number of carbonyl (C=O) groups is 1. The number of carbonyl (C=O) groups excluding carboxylic acids is 1. The first-order valence-electron chi connectivity index (χ1n) is 6.32. The van der Waals surface area contributed by atoms with E-state index in [0.29, 0.717) is 10.9 Å². The van der Waals surface area contributed by atoms with Gasteiger partial charge in [-0.15, -0.1) is 0 Å². The van der Waals surface area contributed by atoms with E-state index in [1.807, 2.05) is 25.1 Å². The highest BCUT2D eigenvalue weighted by molar-refractivity contribution is 9.08. The van der Waals surface area contributed by atoms with Crippen LogP contribution in [0.1, 0.15) is 34.5 Å². The van der Waals surface area contributed by atoms with Crippen LogP contribution in [0.3, 0.4) is 0 Å². The summed E-state index contributed by atoms with van der Waals surface area (Å²) in [7, 11) is 0. The molecular formula is C16H15BrFNO. The summed E-state index contributed by atoms with van der Waals surface area (Å²) in [5, 5.41) is 3.55. The highest BCUT2D eigenvalue weighted by atomic mass is 79.9. The van der Waals surface area contributed by atoms with E-state index in [9.17, 15) is 9.18 Å². The van der Waals surface area contributed by atoms with Crippen LogP contribution in [0.25, 0.3) is 0 Å². The Morgan fingerprint density at radius 1 is 1.20 bits per heavy atom. The van der Waals surface area contributed by atoms with E-state index in [0.717, 1.165) is 11.1 Å². The lowest BCUT2D eigenvalue weighted by Gasteiger charge is -2.15. The summed E-state index contributed by atoms with van der Waals surface area (Å²) in [6.07, 6.45) is 0. The molecule has 0 fully saturated rings. The van der Waals surface area contributed by atoms with Crippen LogP contribution in [0.5, 0.6) is 0 Å². The normalized spacial score (nSPS) is 11.9. The molecule has 0 radical (unpaired) electrons. The number of amides is 1. The first kappa shape index (κ1) is 14.7. The summed E-state index contributed by atoms with van der Waals surface area (Å²) < 4.78 is 12.9. The third-order valence-electron chi connectivity index (χ3n) is 3.12. The smallest absolute Gasteiger partial charge is 0.252 e. The zero-order chi connectivity index (χ0) is 14.5. The second-order valence-corrected chi connectivity index (χ2v) is 5.10. The van der Waals surface area contributed by atoms with Crippen molar-refractivity contribution < 1.29 is 9.18 Å². The van der Waals surface area contributed by atoms with Crippen molar-refractivity contribution in [3.8, 4) is 0 Å². The number of benzene rings is 2. The van der Waals surface area contributed by atoms with Gasteiger partial charge >= 0.3 is 0 Å². The van der Waals surface area contributed by atoms with Crippen molar-refractivity contribution in [2.75, 3.05) is 0 Å². The molecule has 0 saturated heterocycles. The van der Waals surface area contributed by atoms with Crippen LogP contribution < -0.4 is 5.32 Å². The molecule has 1 amide bonds. The topological polar surface area (TPSA) is 29.1 Å². The molecule has 1 atom stereocenters. The predicted molar refractivity (Wildman–Crippen MR) is 81.4 cm³/mol. The van der Waals surface area contributed by atoms with Gasteiger partial charge in [-0.2, -0.15) is 0 Å². The first-order chi connectivity index (χ1) is 9.61. The largest absolute Gasteiger partial charge is 0.346 e. The fourth-order valence-corrected chi connectivity index (χ4v) is 2.46. The lowest BCUT2D eigenvalue weighted by atomic mass is 10.1. The molecular weight excluding hydrogens is 321 g/mol. The summed E-state index contributed by atoms with van der Waals surface area (Å²) in [6, 6.07) is 13.4. The standard InChI is InChI=1S/C16H15BrFNO/c1-11(12-6-8-14(18)9-7-12)19-16(20)15-5-3-2-4-13(15)10-17/h2-9,11H,10H2,1H3,(H,19,20). The van der Waals surface area contributed by atoms with Crippen LogP contribution in [-0.4, -0.2) is 5.91 Å². The molecule has 0 bridgehead atoms. The second kappa shape index (κ2) is 6.66. The maximum Gasteiger partial charge on any atom is 0.252 e. The minimum Gasteiger partial charge on any atom is -0.346 e. The lowest BCUT2D eigenvalue weighted by molar-refractivity contribution is 0.0939. The summed E-state index contributed by atoms with van der Waals surface area (Å²) in [6.45, 7) is 1.88. The Bertz CT molecular complexity index is 598. The first-order valence-corrected chi connectivity index (χ1v) is 7.44. The Balaban J connectivity index is 2.13. The highest BCUT2D eigenvalue weighted by Crippen LogP contribution is 2.16. The SMILES string of the molecule is CC(NC(=O)c1ccccc1CBr)c1ccc(F)cc1. The third-order valence-corrected chi connectivity index (χ3v) is 3.73. The van der Waals surface area contributed by atoms with Gasteiger partial charge in [-0.3, -0.25) is 4.79 Å². The fourth-order valence-electron chi connectivity index (χ4n) is 1.97. The van der Waals surface area contributed by atoms with E-state index in [1.54, 1.807) is 18.2 Å². The van der Waals surface area contributed by atoms with Gasteiger partial charge in [-0.25, -0.2) is 4.39 Å². The molecule has 0 heterocycles. The van der Waals surface area contributed by atoms with E-state index in [4.69, 9.17) is 0 Å². The molecule has 0 aliphatic carbocycles. The Kier molecular flexibility index (Phi) is 4.90. The molecule has 0 aliphatic rings. The molecule has 2 aromatic rings. The van der Waals surface area contributed by atoms with Gasteiger partial charge < -0.3 is 5.32 Å². The zero-order valence-electron chi connectivity index (χ0n) is 11.1. The Morgan fingerprint density at radius 2 is 1.85 bits per heavy atom. The van der Waals surface area contributed by atoms with Gasteiger partial charge in [0, 0.05) is 10.9 Å². The number of rotatable bonds is 4. The maximum absolute atomic E-state index is 12.9. The highest BCUT2D eigenvalue weighted by Gasteiger charge is 2.14. The maximum atomic E-state index is 12.9. The molecule has 0 aromatic heterocycles. The van der Waals surface area contributed by atoms with Crippen molar-refractivity contribution in [1.29, 1.82) is 0 Å². The third kappa shape index (κ3) is 3.45. The molecule has 0 saturated carbocycles. The van der Waals surface area contributed by atoms with Gasteiger partial charge in [0.1, 0.15) is 5.82 Å². The van der Waals surface area contributed by atoms with E-state index in [1.165, 1.54) is 12.1 Å². The minimum atomic E-state index is -0.281. The van der Waals surface area contributed by atoms with Crippen molar-refractivity contribution >= 4 is 21.8 Å². The average Bonchev–Trinajstić information content (AvgIpc) is 2.47. The monoisotopic (exact) mass is 335 g/mol. The van der Waals surface area contributed by atoms with Gasteiger partial charge in [0.2, 0.25) is 0 Å². The minimum absolute atomic E-state index is 0.128. The van der Waals surface area contributed by atoms with Crippen LogP contribution in [0.15, 0.2) is 48.5 Å². The summed E-state index contributed by atoms with van der Waals surface area (Å²) >= 11 is 3.37. The lowest BCUT2D eigenvalue weighted by Crippen LogP contribution is -2.27. The van der Waals surface area contributed by atoms with Crippen LogP contribution in [-0.2, 0) is 5.33 Å². The molecule has 2 rings (SSSR count). The molecule has 2 aromatic carbocycles. The van der Waals surface area contributed by atoms with E-state index >= 15 is 0 Å². The van der Waals surface area contributed by atoms with Gasteiger partial charge in [0.25, 0.3) is 5.91 Å². The number of halogens is 2. The van der Waals surface area contributed by atoms with Crippen molar-refractivity contribution in [3.05, 3.63) is 71.0 Å². The molecule has 2 nitrogen and oxygen atoms in total. The summed E-state index contributed by atoms with van der Waals surface area (Å²) in [4.78, 5) is 12.3. The summed E-state index contributed by atoms with van der Waals surface area (Å²) in [5.41, 5.74) is 2.46. The number of alkyl halides is 1. The summed E-state index contributed by atoms with van der Waals surface area (Å²) in [5.74, 6) is -0.409. The number of hydrogen-bond donors (Lipinski definition) is 1. The molecule has 4 heteroatoms. The van der Waals surface area contributed by atoms with Crippen LogP contribution in [0.4, 0.5) is 4.39 Å². The molecule has 104 valence electrons. The van der Waals surface area contributed by atoms with E-state index < -0.39 is 0 Å². The van der Waals surface area contributed by atoms with Crippen molar-refractivity contribution in [2.45, 2.75) is 18.3 Å². The zero-order valence-corrected chi connectivity index (χ0v) is 12.7. The van der Waals surface area contributed by atoms with Crippen molar-refractivity contribution in [2.24, 2.45) is 0 Å².